The Hall–Kier alpha value is -1.12. The minimum atomic E-state index is -0.408. The van der Waals surface area contributed by atoms with Gasteiger partial charge in [-0.05, 0) is 25.1 Å². The largest absolute Gasteiger partial charge is 0.250 e. The van der Waals surface area contributed by atoms with E-state index in [9.17, 15) is 4.39 Å². The molecule has 0 amide bonds. The molecule has 1 aromatic heterocycles. The fourth-order valence-electron chi connectivity index (χ4n) is 1.42. The summed E-state index contributed by atoms with van der Waals surface area (Å²) in [5.74, 6) is -0.408. The van der Waals surface area contributed by atoms with Crippen LogP contribution in [0.1, 0.15) is 5.69 Å². The zero-order valence-electron chi connectivity index (χ0n) is 8.47. The SMILES string of the molecule is Cc1ccc(F)c(-c2cccc(Cl)c2Cl)n1. The van der Waals surface area contributed by atoms with Gasteiger partial charge in [0.2, 0.25) is 0 Å². The predicted molar refractivity (Wildman–Crippen MR) is 64.4 cm³/mol. The van der Waals surface area contributed by atoms with Crippen molar-refractivity contribution in [1.82, 2.24) is 4.98 Å². The first-order valence-corrected chi connectivity index (χ1v) is 5.42. The molecule has 0 aliphatic carbocycles. The molecule has 0 fully saturated rings. The van der Waals surface area contributed by atoms with Crippen LogP contribution in [0.25, 0.3) is 11.3 Å². The third-order valence-corrected chi connectivity index (χ3v) is 3.01. The highest BCUT2D eigenvalue weighted by Gasteiger charge is 2.12. The first-order chi connectivity index (χ1) is 7.59. The summed E-state index contributed by atoms with van der Waals surface area (Å²) in [6, 6.07) is 8.04. The highest BCUT2D eigenvalue weighted by Crippen LogP contribution is 2.33. The van der Waals surface area contributed by atoms with E-state index in [4.69, 9.17) is 23.2 Å². The zero-order valence-corrected chi connectivity index (χ0v) is 9.98. The third kappa shape index (κ3) is 2.04. The fourth-order valence-corrected chi connectivity index (χ4v) is 1.81. The fraction of sp³-hybridized carbons (Fsp3) is 0.0833. The minimum Gasteiger partial charge on any atom is -0.250 e. The molecule has 1 heterocycles. The maximum atomic E-state index is 13.6. The summed E-state index contributed by atoms with van der Waals surface area (Å²) in [5, 5.41) is 0.711. The molecule has 0 bridgehead atoms. The molecule has 16 heavy (non-hydrogen) atoms. The van der Waals surface area contributed by atoms with Crippen LogP contribution < -0.4 is 0 Å². The number of aryl methyl sites for hydroxylation is 1. The van der Waals surface area contributed by atoms with Crippen LogP contribution in [0, 0.1) is 12.7 Å². The van der Waals surface area contributed by atoms with E-state index in [1.807, 2.05) is 0 Å². The van der Waals surface area contributed by atoms with Crippen LogP contribution in [0.3, 0.4) is 0 Å². The van der Waals surface area contributed by atoms with E-state index in [1.165, 1.54) is 6.07 Å². The van der Waals surface area contributed by atoms with Gasteiger partial charge >= 0.3 is 0 Å². The molecule has 0 saturated heterocycles. The van der Waals surface area contributed by atoms with Crippen LogP contribution >= 0.6 is 23.2 Å². The van der Waals surface area contributed by atoms with Gasteiger partial charge in [-0.2, -0.15) is 0 Å². The molecule has 0 aliphatic heterocycles. The summed E-state index contributed by atoms with van der Waals surface area (Å²) < 4.78 is 13.6. The van der Waals surface area contributed by atoms with Gasteiger partial charge in [-0.3, -0.25) is 0 Å². The number of hydrogen-bond acceptors (Lipinski definition) is 1. The molecule has 0 unspecified atom stereocenters. The van der Waals surface area contributed by atoms with Gasteiger partial charge in [-0.15, -0.1) is 0 Å². The standard InChI is InChI=1S/C12H8Cl2FN/c1-7-5-6-10(15)12(16-7)8-3-2-4-9(13)11(8)14/h2-6H,1H3. The molecule has 0 atom stereocenters. The van der Waals surface area contributed by atoms with E-state index in [2.05, 4.69) is 4.98 Å². The first-order valence-electron chi connectivity index (χ1n) is 4.67. The normalized spacial score (nSPS) is 10.5. The third-order valence-electron chi connectivity index (χ3n) is 2.19. The summed E-state index contributed by atoms with van der Waals surface area (Å²) >= 11 is 11.9. The monoisotopic (exact) mass is 255 g/mol. The quantitative estimate of drug-likeness (QED) is 0.731. The molecule has 82 valence electrons. The molecule has 0 saturated carbocycles. The van der Waals surface area contributed by atoms with Gasteiger partial charge < -0.3 is 0 Å². The molecule has 2 aromatic rings. The van der Waals surface area contributed by atoms with Crippen molar-refractivity contribution in [2.45, 2.75) is 6.92 Å². The number of rotatable bonds is 1. The minimum absolute atomic E-state index is 0.229. The second kappa shape index (κ2) is 4.40. The Balaban J connectivity index is 2.67. The first kappa shape index (κ1) is 11.4. The van der Waals surface area contributed by atoms with Crippen molar-refractivity contribution in [1.29, 1.82) is 0 Å². The van der Waals surface area contributed by atoms with Crippen LogP contribution in [-0.4, -0.2) is 4.98 Å². The average molecular weight is 256 g/mol. The average Bonchev–Trinajstić information content (AvgIpc) is 2.26. The molecule has 0 aliphatic rings. The highest BCUT2D eigenvalue weighted by molar-refractivity contribution is 6.43. The van der Waals surface area contributed by atoms with E-state index in [0.717, 1.165) is 5.69 Å². The molecule has 1 aromatic carbocycles. The lowest BCUT2D eigenvalue weighted by Gasteiger charge is -2.06. The molecular formula is C12H8Cl2FN. The number of nitrogens with zero attached hydrogens (tertiary/aromatic N) is 1. The Morgan fingerprint density at radius 1 is 1.12 bits per heavy atom. The van der Waals surface area contributed by atoms with Crippen LogP contribution in [0.15, 0.2) is 30.3 Å². The highest BCUT2D eigenvalue weighted by atomic mass is 35.5. The van der Waals surface area contributed by atoms with Crippen LogP contribution in [0.2, 0.25) is 10.0 Å². The topological polar surface area (TPSA) is 12.9 Å². The van der Waals surface area contributed by atoms with Gasteiger partial charge in [0.05, 0.1) is 10.0 Å². The van der Waals surface area contributed by atoms with E-state index in [-0.39, 0.29) is 5.69 Å². The molecular weight excluding hydrogens is 248 g/mol. The molecule has 4 heteroatoms. The Kier molecular flexibility index (Phi) is 3.13. The summed E-state index contributed by atoms with van der Waals surface area (Å²) in [4.78, 5) is 4.13. The van der Waals surface area contributed by atoms with Crippen molar-refractivity contribution >= 4 is 23.2 Å². The van der Waals surface area contributed by atoms with Crippen LogP contribution in [0.5, 0.6) is 0 Å². The number of hydrogen-bond donors (Lipinski definition) is 0. The van der Waals surface area contributed by atoms with E-state index in [1.54, 1.807) is 31.2 Å². The van der Waals surface area contributed by atoms with Gasteiger partial charge in [0.25, 0.3) is 0 Å². The van der Waals surface area contributed by atoms with Gasteiger partial charge in [-0.25, -0.2) is 9.37 Å². The molecule has 1 nitrogen and oxygen atoms in total. The van der Waals surface area contributed by atoms with E-state index < -0.39 is 5.82 Å². The van der Waals surface area contributed by atoms with Gasteiger partial charge in [-0.1, -0.05) is 35.3 Å². The van der Waals surface area contributed by atoms with Crippen LogP contribution in [0.4, 0.5) is 4.39 Å². The molecule has 0 spiro atoms. The van der Waals surface area contributed by atoms with Crippen molar-refractivity contribution in [3.8, 4) is 11.3 Å². The van der Waals surface area contributed by atoms with Crippen molar-refractivity contribution in [2.24, 2.45) is 0 Å². The van der Waals surface area contributed by atoms with E-state index >= 15 is 0 Å². The second-order valence-electron chi connectivity index (χ2n) is 3.38. The lowest BCUT2D eigenvalue weighted by Crippen LogP contribution is -1.92. The number of halogens is 3. The number of benzene rings is 1. The summed E-state index contributed by atoms with van der Waals surface area (Å²) in [6.07, 6.45) is 0. The van der Waals surface area contributed by atoms with Crippen molar-refractivity contribution in [2.75, 3.05) is 0 Å². The molecule has 2 rings (SSSR count). The predicted octanol–water partition coefficient (Wildman–Crippen LogP) is 4.50. The Labute approximate surface area is 103 Å². The number of pyridine rings is 1. The zero-order chi connectivity index (χ0) is 11.7. The number of aromatic nitrogens is 1. The summed E-state index contributed by atoms with van der Waals surface area (Å²) in [7, 11) is 0. The Bertz CT molecular complexity index is 541. The molecule has 0 radical (unpaired) electrons. The second-order valence-corrected chi connectivity index (χ2v) is 4.17. The van der Waals surface area contributed by atoms with Crippen molar-refractivity contribution in [3.05, 3.63) is 51.9 Å². The van der Waals surface area contributed by atoms with Crippen molar-refractivity contribution < 1.29 is 4.39 Å². The Morgan fingerprint density at radius 3 is 2.62 bits per heavy atom. The van der Waals surface area contributed by atoms with Crippen LogP contribution in [-0.2, 0) is 0 Å². The molecule has 0 N–H and O–H groups in total. The summed E-state index contributed by atoms with van der Waals surface area (Å²) in [5.41, 5.74) is 1.47. The summed E-state index contributed by atoms with van der Waals surface area (Å²) in [6.45, 7) is 1.79. The maximum absolute atomic E-state index is 13.6. The van der Waals surface area contributed by atoms with Gasteiger partial charge in [0.1, 0.15) is 11.5 Å². The van der Waals surface area contributed by atoms with Gasteiger partial charge in [0.15, 0.2) is 0 Å². The lowest BCUT2D eigenvalue weighted by atomic mass is 10.1. The van der Waals surface area contributed by atoms with Crippen molar-refractivity contribution in [3.63, 3.8) is 0 Å². The Morgan fingerprint density at radius 2 is 1.88 bits per heavy atom. The maximum Gasteiger partial charge on any atom is 0.149 e. The smallest absolute Gasteiger partial charge is 0.149 e. The van der Waals surface area contributed by atoms with E-state index in [0.29, 0.717) is 15.6 Å². The van der Waals surface area contributed by atoms with Gasteiger partial charge in [0, 0.05) is 11.3 Å². The lowest BCUT2D eigenvalue weighted by molar-refractivity contribution is 0.624.